The van der Waals surface area contributed by atoms with Gasteiger partial charge in [0.2, 0.25) is 5.91 Å². The fraction of sp³-hybridized carbons (Fsp3) is 0.263. The van der Waals surface area contributed by atoms with E-state index in [0.717, 1.165) is 18.4 Å². The number of carbonyl (C=O) groups excluding carboxylic acids is 1. The average molecular weight is 407 g/mol. The largest absolute Gasteiger partial charge is 0.326 e. The van der Waals surface area contributed by atoms with Crippen LogP contribution in [-0.4, -0.2) is 35.7 Å². The zero-order chi connectivity index (χ0) is 19.8. The molecule has 0 radical (unpaired) electrons. The maximum atomic E-state index is 12.4. The lowest BCUT2D eigenvalue weighted by Crippen LogP contribution is -2.23. The Balaban J connectivity index is 1.27. The van der Waals surface area contributed by atoms with Gasteiger partial charge in [0.15, 0.2) is 5.82 Å². The molecule has 9 nitrogen and oxygen atoms in total. The number of fused-ring (bicyclic) bond motifs is 1. The number of aromatic nitrogens is 6. The molecule has 0 spiro atoms. The van der Waals surface area contributed by atoms with E-state index in [9.17, 15) is 9.59 Å². The van der Waals surface area contributed by atoms with E-state index in [1.807, 2.05) is 34.3 Å². The third kappa shape index (κ3) is 3.54. The van der Waals surface area contributed by atoms with Gasteiger partial charge >= 0.3 is 0 Å². The minimum atomic E-state index is -0.179. The van der Waals surface area contributed by atoms with E-state index in [2.05, 4.69) is 25.8 Å². The maximum Gasteiger partial charge on any atom is 0.262 e. The van der Waals surface area contributed by atoms with Gasteiger partial charge in [-0.2, -0.15) is 0 Å². The lowest BCUT2D eigenvalue weighted by Gasteiger charge is -2.09. The van der Waals surface area contributed by atoms with Crippen LogP contribution in [0.2, 0.25) is 0 Å². The Labute approximate surface area is 169 Å². The summed E-state index contributed by atoms with van der Waals surface area (Å²) in [6, 6.07) is 9.57. The van der Waals surface area contributed by atoms with Crippen molar-refractivity contribution in [2.24, 2.45) is 0 Å². The number of nitrogens with zero attached hydrogens (tertiary/aromatic N) is 6. The molecule has 29 heavy (non-hydrogen) atoms. The highest BCUT2D eigenvalue weighted by Crippen LogP contribution is 2.36. The van der Waals surface area contributed by atoms with Crippen molar-refractivity contribution >= 4 is 33.1 Å². The van der Waals surface area contributed by atoms with Gasteiger partial charge in [0, 0.05) is 24.2 Å². The van der Waals surface area contributed by atoms with Gasteiger partial charge in [0.25, 0.3) is 5.56 Å². The zero-order valence-corrected chi connectivity index (χ0v) is 16.2. The van der Waals surface area contributed by atoms with E-state index in [-0.39, 0.29) is 24.4 Å². The number of amides is 1. The van der Waals surface area contributed by atoms with E-state index < -0.39 is 0 Å². The second-order valence-corrected chi connectivity index (χ2v) is 7.83. The zero-order valence-electron chi connectivity index (χ0n) is 15.4. The van der Waals surface area contributed by atoms with Crippen LogP contribution in [0.4, 0.5) is 5.69 Å². The molecule has 0 atom stereocenters. The molecule has 1 N–H and O–H groups in total. The molecule has 5 rings (SSSR count). The molecule has 1 aliphatic rings. The lowest BCUT2D eigenvalue weighted by atomic mass is 10.2. The second kappa shape index (κ2) is 7.21. The van der Waals surface area contributed by atoms with Crippen LogP contribution in [0.25, 0.3) is 21.6 Å². The van der Waals surface area contributed by atoms with Crippen LogP contribution in [0.3, 0.4) is 0 Å². The molecule has 0 saturated heterocycles. The van der Waals surface area contributed by atoms with Gasteiger partial charge in [-0.15, -0.1) is 16.4 Å². The predicted molar refractivity (Wildman–Crippen MR) is 109 cm³/mol. The van der Waals surface area contributed by atoms with Crippen molar-refractivity contribution < 1.29 is 4.79 Å². The van der Waals surface area contributed by atoms with Gasteiger partial charge in [-0.05, 0) is 46.8 Å². The third-order valence-corrected chi connectivity index (χ3v) is 5.64. The minimum Gasteiger partial charge on any atom is -0.326 e. The SMILES string of the molecule is O=C(CCn1cnc2sccc2c1=O)Nc1cccc(-c2nnnn2C2CC2)c1. The van der Waals surface area contributed by atoms with Crippen molar-refractivity contribution in [3.63, 3.8) is 0 Å². The van der Waals surface area contributed by atoms with E-state index >= 15 is 0 Å². The van der Waals surface area contributed by atoms with E-state index in [0.29, 0.717) is 27.8 Å². The maximum absolute atomic E-state index is 12.4. The Morgan fingerprint density at radius 1 is 1.28 bits per heavy atom. The molecule has 1 fully saturated rings. The summed E-state index contributed by atoms with van der Waals surface area (Å²) in [5.74, 6) is 0.520. The van der Waals surface area contributed by atoms with Gasteiger partial charge in [-0.3, -0.25) is 14.2 Å². The van der Waals surface area contributed by atoms with Gasteiger partial charge in [0.1, 0.15) is 4.83 Å². The van der Waals surface area contributed by atoms with Gasteiger partial charge in [-0.1, -0.05) is 12.1 Å². The number of rotatable bonds is 6. The van der Waals surface area contributed by atoms with Crippen molar-refractivity contribution in [2.45, 2.75) is 31.8 Å². The number of anilines is 1. The molecule has 146 valence electrons. The summed E-state index contributed by atoms with van der Waals surface area (Å²) >= 11 is 1.42. The van der Waals surface area contributed by atoms with Crippen molar-refractivity contribution in [3.8, 4) is 11.4 Å². The Morgan fingerprint density at radius 3 is 3.03 bits per heavy atom. The standard InChI is InChI=1S/C19H17N7O2S/c27-16(6-8-25-11-20-18-15(19(25)28)7-9-29-18)21-13-3-1-2-12(10-13)17-22-23-24-26(17)14-4-5-14/h1-3,7,9-11,14H,4-6,8H2,(H,21,27). The summed E-state index contributed by atoms with van der Waals surface area (Å²) in [7, 11) is 0. The van der Waals surface area contributed by atoms with Gasteiger partial charge in [0.05, 0.1) is 17.8 Å². The van der Waals surface area contributed by atoms with Crippen LogP contribution in [0.1, 0.15) is 25.3 Å². The second-order valence-electron chi connectivity index (χ2n) is 6.94. The van der Waals surface area contributed by atoms with Crippen LogP contribution in [0, 0.1) is 0 Å². The molecular weight excluding hydrogens is 390 g/mol. The van der Waals surface area contributed by atoms with Crippen molar-refractivity contribution in [1.82, 2.24) is 29.8 Å². The summed E-state index contributed by atoms with van der Waals surface area (Å²) in [5.41, 5.74) is 1.39. The van der Waals surface area contributed by atoms with E-state index in [4.69, 9.17) is 0 Å². The third-order valence-electron chi connectivity index (χ3n) is 4.82. The summed E-state index contributed by atoms with van der Waals surface area (Å²) in [5, 5.41) is 17.3. The first-order valence-electron chi connectivity index (χ1n) is 9.30. The van der Waals surface area contributed by atoms with E-state index in [1.165, 1.54) is 22.2 Å². The first-order chi connectivity index (χ1) is 14.2. The number of tetrazole rings is 1. The fourth-order valence-corrected chi connectivity index (χ4v) is 3.91. The van der Waals surface area contributed by atoms with Crippen molar-refractivity contribution in [2.75, 3.05) is 5.32 Å². The molecule has 0 bridgehead atoms. The smallest absolute Gasteiger partial charge is 0.262 e. The number of nitrogens with one attached hydrogen (secondary N) is 1. The Bertz CT molecular complexity index is 1250. The summed E-state index contributed by atoms with van der Waals surface area (Å²) < 4.78 is 3.30. The highest BCUT2D eigenvalue weighted by Gasteiger charge is 2.28. The quantitative estimate of drug-likeness (QED) is 0.526. The van der Waals surface area contributed by atoms with E-state index in [1.54, 1.807) is 6.07 Å². The fourth-order valence-electron chi connectivity index (χ4n) is 3.18. The molecule has 0 aliphatic heterocycles. The van der Waals surface area contributed by atoms with Crippen molar-refractivity contribution in [1.29, 1.82) is 0 Å². The molecule has 10 heteroatoms. The molecule has 4 aromatic rings. The average Bonchev–Trinajstić information content (AvgIpc) is 3.25. The number of thiophene rings is 1. The normalized spacial score (nSPS) is 13.7. The van der Waals surface area contributed by atoms with Gasteiger partial charge in [-0.25, -0.2) is 9.67 Å². The predicted octanol–water partition coefficient (Wildman–Crippen LogP) is 2.48. The number of carbonyl (C=O) groups is 1. The molecule has 1 aliphatic carbocycles. The summed E-state index contributed by atoms with van der Waals surface area (Å²) in [4.78, 5) is 29.8. The van der Waals surface area contributed by atoms with Crippen LogP contribution < -0.4 is 10.9 Å². The highest BCUT2D eigenvalue weighted by atomic mass is 32.1. The highest BCUT2D eigenvalue weighted by molar-refractivity contribution is 7.16. The number of benzene rings is 1. The van der Waals surface area contributed by atoms with Crippen LogP contribution >= 0.6 is 11.3 Å². The van der Waals surface area contributed by atoms with Crippen molar-refractivity contribution in [3.05, 3.63) is 52.4 Å². The molecular formula is C19H17N7O2S. The Morgan fingerprint density at radius 2 is 2.17 bits per heavy atom. The number of aryl methyl sites for hydroxylation is 1. The Hall–Kier alpha value is -3.40. The van der Waals surface area contributed by atoms with Crippen LogP contribution in [-0.2, 0) is 11.3 Å². The molecule has 1 amide bonds. The first kappa shape index (κ1) is 17.7. The molecule has 3 heterocycles. The van der Waals surface area contributed by atoms with Gasteiger partial charge < -0.3 is 5.32 Å². The molecule has 0 unspecified atom stereocenters. The van der Waals surface area contributed by atoms with Crippen LogP contribution in [0.15, 0.2) is 46.8 Å². The lowest BCUT2D eigenvalue weighted by molar-refractivity contribution is -0.116. The number of hydrogen-bond donors (Lipinski definition) is 1. The number of hydrogen-bond acceptors (Lipinski definition) is 7. The molecule has 1 aromatic carbocycles. The minimum absolute atomic E-state index is 0.127. The Kier molecular flexibility index (Phi) is 4.39. The molecule has 1 saturated carbocycles. The van der Waals surface area contributed by atoms with Crippen LogP contribution in [0.5, 0.6) is 0 Å². The first-order valence-corrected chi connectivity index (χ1v) is 10.2. The summed E-state index contributed by atoms with van der Waals surface area (Å²) in [6.45, 7) is 0.267. The monoisotopic (exact) mass is 407 g/mol. The summed E-state index contributed by atoms with van der Waals surface area (Å²) in [6.07, 6.45) is 3.83. The topological polar surface area (TPSA) is 108 Å². The molecule has 3 aromatic heterocycles.